The number of hydrogen-bond acceptors (Lipinski definition) is 1. The Morgan fingerprint density at radius 3 is 2.40 bits per heavy atom. The van der Waals surface area contributed by atoms with Crippen LogP contribution >= 0.6 is 11.6 Å². The van der Waals surface area contributed by atoms with Crippen LogP contribution in [0.25, 0.3) is 0 Å². The highest BCUT2D eigenvalue weighted by Crippen LogP contribution is 2.31. The monoisotopic (exact) mass is 309 g/mol. The second kappa shape index (κ2) is 5.60. The van der Waals surface area contributed by atoms with Crippen molar-refractivity contribution in [3.63, 3.8) is 0 Å². The number of piperidine rings is 1. The SMILES string of the molecule is O=C(c1cc(C(F)(F)F)ccc1F)N1CCC(Cl)CC1. The third kappa shape index (κ3) is 3.23. The zero-order chi connectivity index (χ0) is 14.9. The predicted molar refractivity (Wildman–Crippen MR) is 66.2 cm³/mol. The molecule has 1 heterocycles. The molecular weight excluding hydrogens is 298 g/mol. The minimum atomic E-state index is -4.61. The molecule has 2 rings (SSSR count). The molecule has 0 saturated carbocycles. The number of likely N-dealkylation sites (tertiary alicyclic amines) is 1. The van der Waals surface area contributed by atoms with Crippen LogP contribution in [0.1, 0.15) is 28.8 Å². The molecule has 0 aromatic heterocycles. The van der Waals surface area contributed by atoms with Gasteiger partial charge in [-0.1, -0.05) is 0 Å². The molecule has 1 aliphatic heterocycles. The van der Waals surface area contributed by atoms with Crippen LogP contribution in [0.3, 0.4) is 0 Å². The fourth-order valence-electron chi connectivity index (χ4n) is 2.09. The Kier molecular flexibility index (Phi) is 4.22. The normalized spacial score (nSPS) is 17.4. The van der Waals surface area contributed by atoms with Gasteiger partial charge in [-0.3, -0.25) is 4.79 Å². The molecular formula is C13H12ClF4NO. The summed E-state index contributed by atoms with van der Waals surface area (Å²) in [4.78, 5) is 13.4. The Morgan fingerprint density at radius 1 is 1.25 bits per heavy atom. The molecule has 1 aromatic carbocycles. The van der Waals surface area contributed by atoms with Gasteiger partial charge >= 0.3 is 6.18 Å². The molecule has 110 valence electrons. The molecule has 0 spiro atoms. The summed E-state index contributed by atoms with van der Waals surface area (Å²) in [6.07, 6.45) is -3.51. The Labute approximate surface area is 118 Å². The van der Waals surface area contributed by atoms with E-state index in [0.29, 0.717) is 44.1 Å². The van der Waals surface area contributed by atoms with Crippen molar-refractivity contribution in [2.75, 3.05) is 13.1 Å². The van der Waals surface area contributed by atoms with E-state index >= 15 is 0 Å². The topological polar surface area (TPSA) is 20.3 Å². The first-order valence-corrected chi connectivity index (χ1v) is 6.53. The molecule has 20 heavy (non-hydrogen) atoms. The molecule has 0 N–H and O–H groups in total. The van der Waals surface area contributed by atoms with Gasteiger partial charge in [0.25, 0.3) is 5.91 Å². The van der Waals surface area contributed by atoms with E-state index in [2.05, 4.69) is 0 Å². The number of halogens is 5. The van der Waals surface area contributed by atoms with Crippen molar-refractivity contribution in [3.8, 4) is 0 Å². The zero-order valence-corrected chi connectivity index (χ0v) is 11.1. The number of carbonyl (C=O) groups is 1. The third-order valence-corrected chi connectivity index (χ3v) is 3.67. The van der Waals surface area contributed by atoms with Crippen molar-refractivity contribution >= 4 is 17.5 Å². The summed E-state index contributed by atoms with van der Waals surface area (Å²) >= 11 is 5.89. The number of carbonyl (C=O) groups excluding carboxylic acids is 1. The van der Waals surface area contributed by atoms with Gasteiger partial charge in [-0.2, -0.15) is 13.2 Å². The molecule has 1 saturated heterocycles. The standard InChI is InChI=1S/C13H12ClF4NO/c14-9-3-5-19(6-4-9)12(20)10-7-8(13(16,17)18)1-2-11(10)15/h1-2,7,9H,3-6H2. The maximum Gasteiger partial charge on any atom is 0.416 e. The van der Waals surface area contributed by atoms with E-state index in [1.807, 2.05) is 0 Å². The summed E-state index contributed by atoms with van der Waals surface area (Å²) in [6, 6.07) is 1.85. The van der Waals surface area contributed by atoms with Gasteiger partial charge in [0.15, 0.2) is 0 Å². The van der Waals surface area contributed by atoms with E-state index < -0.39 is 29.0 Å². The highest BCUT2D eigenvalue weighted by Gasteiger charge is 2.33. The lowest BCUT2D eigenvalue weighted by Gasteiger charge is -2.29. The van der Waals surface area contributed by atoms with Crippen LogP contribution < -0.4 is 0 Å². The quantitative estimate of drug-likeness (QED) is 0.572. The Balaban J connectivity index is 2.25. The van der Waals surface area contributed by atoms with E-state index in [-0.39, 0.29) is 5.38 Å². The van der Waals surface area contributed by atoms with Crippen LogP contribution in [0.2, 0.25) is 0 Å². The molecule has 1 aromatic rings. The fourth-order valence-corrected chi connectivity index (χ4v) is 2.28. The van der Waals surface area contributed by atoms with E-state index in [1.165, 1.54) is 4.90 Å². The van der Waals surface area contributed by atoms with Gasteiger partial charge in [0.05, 0.1) is 11.1 Å². The summed E-state index contributed by atoms with van der Waals surface area (Å²) in [5.41, 5.74) is -1.58. The Morgan fingerprint density at radius 2 is 1.85 bits per heavy atom. The molecule has 2 nitrogen and oxygen atoms in total. The summed E-state index contributed by atoms with van der Waals surface area (Å²) in [6.45, 7) is 0.644. The number of rotatable bonds is 1. The number of nitrogens with zero attached hydrogens (tertiary/aromatic N) is 1. The van der Waals surface area contributed by atoms with Crippen LogP contribution in [-0.2, 0) is 6.18 Å². The molecule has 0 atom stereocenters. The van der Waals surface area contributed by atoms with Gasteiger partial charge in [-0.25, -0.2) is 4.39 Å². The van der Waals surface area contributed by atoms with Crippen molar-refractivity contribution in [3.05, 3.63) is 35.1 Å². The minimum absolute atomic E-state index is 0.0505. The van der Waals surface area contributed by atoms with Crippen molar-refractivity contribution in [2.24, 2.45) is 0 Å². The molecule has 0 bridgehead atoms. The Bertz CT molecular complexity index is 510. The van der Waals surface area contributed by atoms with Gasteiger partial charge in [0, 0.05) is 18.5 Å². The summed E-state index contributed by atoms with van der Waals surface area (Å²) in [7, 11) is 0. The summed E-state index contributed by atoms with van der Waals surface area (Å²) in [5, 5.41) is -0.0505. The summed E-state index contributed by atoms with van der Waals surface area (Å²) in [5.74, 6) is -1.67. The molecule has 1 amide bonds. The minimum Gasteiger partial charge on any atom is -0.338 e. The first kappa shape index (κ1) is 15.1. The van der Waals surface area contributed by atoms with Crippen molar-refractivity contribution < 1.29 is 22.4 Å². The maximum atomic E-state index is 13.6. The number of hydrogen-bond donors (Lipinski definition) is 0. The van der Waals surface area contributed by atoms with Crippen LogP contribution in [-0.4, -0.2) is 29.3 Å². The lowest BCUT2D eigenvalue weighted by Crippen LogP contribution is -2.39. The first-order chi connectivity index (χ1) is 9.29. The lowest BCUT2D eigenvalue weighted by molar-refractivity contribution is -0.137. The van der Waals surface area contributed by atoms with Gasteiger partial charge in [-0.05, 0) is 31.0 Å². The number of amides is 1. The summed E-state index contributed by atoms with van der Waals surface area (Å²) < 4.78 is 51.4. The molecule has 0 aliphatic carbocycles. The van der Waals surface area contributed by atoms with E-state index in [4.69, 9.17) is 11.6 Å². The molecule has 7 heteroatoms. The Hall–Kier alpha value is -1.30. The van der Waals surface area contributed by atoms with E-state index in [9.17, 15) is 22.4 Å². The van der Waals surface area contributed by atoms with Gasteiger partial charge in [0.1, 0.15) is 5.82 Å². The highest BCUT2D eigenvalue weighted by molar-refractivity contribution is 6.20. The molecule has 1 aliphatic rings. The molecule has 1 fully saturated rings. The second-order valence-corrected chi connectivity index (χ2v) is 5.28. The van der Waals surface area contributed by atoms with Crippen LogP contribution in [0, 0.1) is 5.82 Å². The van der Waals surface area contributed by atoms with Crippen LogP contribution in [0.5, 0.6) is 0 Å². The van der Waals surface area contributed by atoms with Crippen molar-refractivity contribution in [1.82, 2.24) is 4.90 Å². The maximum absolute atomic E-state index is 13.6. The van der Waals surface area contributed by atoms with Gasteiger partial charge < -0.3 is 4.90 Å². The first-order valence-electron chi connectivity index (χ1n) is 6.09. The average Bonchev–Trinajstić information content (AvgIpc) is 2.38. The number of alkyl halides is 4. The lowest BCUT2D eigenvalue weighted by atomic mass is 10.1. The van der Waals surface area contributed by atoms with Crippen LogP contribution in [0.4, 0.5) is 17.6 Å². The highest BCUT2D eigenvalue weighted by atomic mass is 35.5. The van der Waals surface area contributed by atoms with Gasteiger partial charge in [0.2, 0.25) is 0 Å². The molecule has 0 unspecified atom stereocenters. The molecule has 0 radical (unpaired) electrons. The predicted octanol–water partition coefficient (Wildman–Crippen LogP) is 3.69. The number of benzene rings is 1. The van der Waals surface area contributed by atoms with E-state index in [0.717, 1.165) is 0 Å². The smallest absolute Gasteiger partial charge is 0.338 e. The zero-order valence-electron chi connectivity index (χ0n) is 10.4. The fraction of sp³-hybridized carbons (Fsp3) is 0.462. The van der Waals surface area contributed by atoms with Crippen molar-refractivity contribution in [1.29, 1.82) is 0 Å². The van der Waals surface area contributed by atoms with Crippen molar-refractivity contribution in [2.45, 2.75) is 24.4 Å². The largest absolute Gasteiger partial charge is 0.416 e. The average molecular weight is 310 g/mol. The van der Waals surface area contributed by atoms with E-state index in [1.54, 1.807) is 0 Å². The van der Waals surface area contributed by atoms with Gasteiger partial charge in [-0.15, -0.1) is 11.6 Å². The van der Waals surface area contributed by atoms with Crippen LogP contribution in [0.15, 0.2) is 18.2 Å². The third-order valence-electron chi connectivity index (χ3n) is 3.24. The second-order valence-electron chi connectivity index (χ2n) is 4.66.